The third-order valence-electron chi connectivity index (χ3n) is 5.08. The molecule has 3 fully saturated rings. The highest BCUT2D eigenvalue weighted by Crippen LogP contribution is 2.50. The number of ether oxygens (including phenoxy) is 1. The van der Waals surface area contributed by atoms with Crippen molar-refractivity contribution in [1.29, 1.82) is 0 Å². The van der Waals surface area contributed by atoms with Gasteiger partial charge in [-0.05, 0) is 19.8 Å². The summed E-state index contributed by atoms with van der Waals surface area (Å²) >= 11 is 0. The van der Waals surface area contributed by atoms with Crippen LogP contribution in [-0.4, -0.2) is 34.1 Å². The van der Waals surface area contributed by atoms with Gasteiger partial charge in [0.05, 0.1) is 11.7 Å². The lowest BCUT2D eigenvalue weighted by Gasteiger charge is -2.34. The van der Waals surface area contributed by atoms with Gasteiger partial charge in [0.1, 0.15) is 18.1 Å². The van der Waals surface area contributed by atoms with Gasteiger partial charge in [-0.25, -0.2) is 22.6 Å². The highest BCUT2D eigenvalue weighted by atomic mass is 19.3. The van der Waals surface area contributed by atoms with Crippen LogP contribution in [0.5, 0.6) is 0 Å². The Bertz CT molecular complexity index is 658. The molecule has 0 spiro atoms. The maximum atomic E-state index is 13.2. The van der Waals surface area contributed by atoms with Crippen molar-refractivity contribution in [2.75, 3.05) is 5.32 Å². The third kappa shape index (κ3) is 2.86. The lowest BCUT2D eigenvalue weighted by molar-refractivity contribution is -0.0878. The first-order valence-electron chi connectivity index (χ1n) is 8.41. The fourth-order valence-corrected chi connectivity index (χ4v) is 3.39. The molecule has 4 rings (SSSR count). The molecule has 0 radical (unpaired) electrons. The van der Waals surface area contributed by atoms with Gasteiger partial charge in [-0.1, -0.05) is 0 Å². The van der Waals surface area contributed by atoms with Gasteiger partial charge in [0.25, 0.3) is 0 Å². The van der Waals surface area contributed by atoms with Crippen LogP contribution in [0.25, 0.3) is 0 Å². The van der Waals surface area contributed by atoms with Crippen LogP contribution >= 0.6 is 0 Å². The van der Waals surface area contributed by atoms with Gasteiger partial charge in [-0.15, -0.1) is 0 Å². The van der Waals surface area contributed by atoms with Crippen molar-refractivity contribution in [2.24, 2.45) is 0 Å². The molecule has 1 aromatic heterocycles. The molecule has 1 amide bonds. The van der Waals surface area contributed by atoms with Gasteiger partial charge >= 0.3 is 6.09 Å². The van der Waals surface area contributed by atoms with E-state index in [1.165, 1.54) is 0 Å². The van der Waals surface area contributed by atoms with E-state index < -0.39 is 18.2 Å². The normalized spacial score (nSPS) is 28.8. The summed E-state index contributed by atoms with van der Waals surface area (Å²) in [6.45, 7) is 1.79. The predicted molar refractivity (Wildman–Crippen MR) is 80.2 cm³/mol. The maximum Gasteiger partial charge on any atom is 0.413 e. The first-order chi connectivity index (χ1) is 11.3. The molecule has 24 heavy (non-hydrogen) atoms. The molecule has 0 atom stereocenters. The first-order valence-corrected chi connectivity index (χ1v) is 8.41. The Balaban J connectivity index is 1.49. The van der Waals surface area contributed by atoms with Crippen molar-refractivity contribution in [3.63, 3.8) is 0 Å². The second-order valence-electron chi connectivity index (χ2n) is 7.22. The molecule has 0 unspecified atom stereocenters. The van der Waals surface area contributed by atoms with Gasteiger partial charge in [-0.2, -0.15) is 5.10 Å². The van der Waals surface area contributed by atoms with Gasteiger partial charge in [0.15, 0.2) is 0 Å². The average molecular weight is 343 g/mol. The van der Waals surface area contributed by atoms with Crippen LogP contribution in [0.4, 0.5) is 23.8 Å². The molecule has 1 N–H and O–H groups in total. The van der Waals surface area contributed by atoms with Crippen LogP contribution in [0.2, 0.25) is 0 Å². The number of hydrogen-bond donors (Lipinski definition) is 1. The number of alkyl halides is 3. The molecule has 1 heterocycles. The summed E-state index contributed by atoms with van der Waals surface area (Å²) in [5, 5.41) is 7.18. The monoisotopic (exact) mass is 343 g/mol. The number of carbonyl (C=O) groups is 1. The van der Waals surface area contributed by atoms with E-state index in [-0.39, 0.29) is 43.7 Å². The zero-order valence-corrected chi connectivity index (χ0v) is 13.4. The molecule has 0 saturated heterocycles. The van der Waals surface area contributed by atoms with E-state index >= 15 is 0 Å². The van der Waals surface area contributed by atoms with Crippen molar-refractivity contribution in [1.82, 2.24) is 9.78 Å². The molecule has 3 aliphatic carbocycles. The smallest absolute Gasteiger partial charge is 0.413 e. The van der Waals surface area contributed by atoms with E-state index in [9.17, 15) is 18.0 Å². The molecule has 132 valence electrons. The quantitative estimate of drug-likeness (QED) is 0.896. The molecule has 3 saturated carbocycles. The van der Waals surface area contributed by atoms with E-state index in [4.69, 9.17) is 4.74 Å². The number of nitrogens with one attached hydrogen (secondary N) is 1. The van der Waals surface area contributed by atoms with Crippen LogP contribution in [-0.2, 0) is 4.74 Å². The van der Waals surface area contributed by atoms with Gasteiger partial charge in [0, 0.05) is 37.2 Å². The number of halogens is 3. The summed E-state index contributed by atoms with van der Waals surface area (Å²) in [4.78, 5) is 12.0. The van der Waals surface area contributed by atoms with Crippen molar-refractivity contribution in [2.45, 2.75) is 75.6 Å². The van der Waals surface area contributed by atoms with Gasteiger partial charge < -0.3 is 4.74 Å². The second kappa shape index (κ2) is 5.39. The molecule has 8 heteroatoms. The van der Waals surface area contributed by atoms with Gasteiger partial charge in [0.2, 0.25) is 5.92 Å². The molecule has 0 bridgehead atoms. The fraction of sp³-hybridized carbons (Fsp3) is 0.750. The number of hydrogen-bond acceptors (Lipinski definition) is 3. The minimum atomic E-state index is -2.61. The van der Waals surface area contributed by atoms with E-state index in [0.29, 0.717) is 11.5 Å². The van der Waals surface area contributed by atoms with Gasteiger partial charge in [-0.3, -0.25) is 5.32 Å². The lowest BCUT2D eigenvalue weighted by atomic mass is 9.78. The molecular weight excluding hydrogens is 323 g/mol. The summed E-state index contributed by atoms with van der Waals surface area (Å²) in [5.74, 6) is -2.36. The number of nitrogens with zero attached hydrogens (tertiary/aromatic N) is 2. The maximum absolute atomic E-state index is 13.2. The summed E-state index contributed by atoms with van der Waals surface area (Å²) in [6, 6.07) is 0.201. The summed E-state index contributed by atoms with van der Waals surface area (Å²) in [6.07, 6.45) is 0.0684. The Morgan fingerprint density at radius 3 is 2.54 bits per heavy atom. The molecular formula is C16H20F3N3O2. The minimum absolute atomic E-state index is 0.195. The topological polar surface area (TPSA) is 56.2 Å². The van der Waals surface area contributed by atoms with E-state index in [2.05, 4.69) is 10.4 Å². The summed E-state index contributed by atoms with van der Waals surface area (Å²) in [7, 11) is 0. The zero-order chi connectivity index (χ0) is 17.1. The minimum Gasteiger partial charge on any atom is -0.446 e. The Kier molecular flexibility index (Phi) is 3.54. The fourth-order valence-electron chi connectivity index (χ4n) is 3.39. The Hall–Kier alpha value is -1.73. The van der Waals surface area contributed by atoms with Crippen molar-refractivity contribution in [3.05, 3.63) is 11.3 Å². The van der Waals surface area contributed by atoms with Crippen LogP contribution in [0.1, 0.15) is 61.7 Å². The summed E-state index contributed by atoms with van der Waals surface area (Å²) in [5.41, 5.74) is 1.35. The van der Waals surface area contributed by atoms with Crippen LogP contribution in [0.15, 0.2) is 0 Å². The second-order valence-corrected chi connectivity index (χ2v) is 7.22. The molecule has 3 aliphatic rings. The van der Waals surface area contributed by atoms with Crippen molar-refractivity contribution >= 4 is 11.9 Å². The SMILES string of the molecule is Cc1c(C2CC(F)(F)C2)nn(C2CC2)c1NC(=O)OC1CC(F)C1. The highest BCUT2D eigenvalue weighted by Gasteiger charge is 2.48. The first kappa shape index (κ1) is 15.8. The third-order valence-corrected chi connectivity index (χ3v) is 5.08. The zero-order valence-electron chi connectivity index (χ0n) is 13.4. The van der Waals surface area contributed by atoms with Crippen LogP contribution in [0.3, 0.4) is 0 Å². The van der Waals surface area contributed by atoms with Crippen molar-refractivity contribution < 1.29 is 22.7 Å². The van der Waals surface area contributed by atoms with E-state index in [1.807, 2.05) is 0 Å². The number of aromatic nitrogens is 2. The largest absolute Gasteiger partial charge is 0.446 e. The average Bonchev–Trinajstić information content (AvgIpc) is 3.22. The standard InChI is InChI=1S/C16H20F3N3O2/c1-8-13(9-6-16(18,19)7-9)21-22(11-2-3-11)14(8)20-15(23)24-12-4-10(17)5-12/h9-12H,2-7H2,1H3,(H,20,23). The van der Waals surface area contributed by atoms with Crippen LogP contribution < -0.4 is 5.32 Å². The Labute approximate surface area is 137 Å². The Morgan fingerprint density at radius 2 is 2.00 bits per heavy atom. The molecule has 0 aromatic carbocycles. The van der Waals surface area contributed by atoms with Crippen LogP contribution in [0, 0.1) is 6.92 Å². The predicted octanol–water partition coefficient (Wildman–Crippen LogP) is 4.09. The molecule has 1 aromatic rings. The lowest BCUT2D eigenvalue weighted by Crippen LogP contribution is -2.36. The Morgan fingerprint density at radius 1 is 1.33 bits per heavy atom. The summed E-state index contributed by atoms with van der Waals surface area (Å²) < 4.78 is 46.0. The molecule has 5 nitrogen and oxygen atoms in total. The number of anilines is 1. The number of rotatable bonds is 4. The van der Waals surface area contributed by atoms with E-state index in [0.717, 1.165) is 18.4 Å². The van der Waals surface area contributed by atoms with Crippen molar-refractivity contribution in [3.8, 4) is 0 Å². The highest BCUT2D eigenvalue weighted by molar-refractivity contribution is 5.85. The van der Waals surface area contributed by atoms with E-state index in [1.54, 1.807) is 11.6 Å². The number of amides is 1. The molecule has 0 aliphatic heterocycles. The number of carbonyl (C=O) groups excluding carboxylic acids is 1.